The Bertz CT molecular complexity index is 814. The number of hydrogen-bond acceptors (Lipinski definition) is 3. The average molecular weight is 406 g/mol. The van der Waals surface area contributed by atoms with Crippen molar-refractivity contribution in [2.24, 2.45) is 0 Å². The molecular weight excluding hydrogens is 380 g/mol. The van der Waals surface area contributed by atoms with E-state index in [0.717, 1.165) is 0 Å². The third-order valence-electron chi connectivity index (χ3n) is 5.72. The number of piperazine rings is 2. The Morgan fingerprint density at radius 2 is 0.767 bits per heavy atom. The van der Waals surface area contributed by atoms with Gasteiger partial charge in [-0.3, -0.25) is 9.59 Å². The highest BCUT2D eigenvalue weighted by Crippen LogP contribution is 2.13. The van der Waals surface area contributed by atoms with Gasteiger partial charge in [-0.05, 0) is 24.3 Å². The molecule has 2 aromatic carbocycles. The summed E-state index contributed by atoms with van der Waals surface area (Å²) in [5.74, 6) is 0.0199. The van der Waals surface area contributed by atoms with Gasteiger partial charge in [0.2, 0.25) is 0 Å². The van der Waals surface area contributed by atoms with Gasteiger partial charge in [0, 0.05) is 63.5 Å². The molecule has 0 atom stereocenters. The first-order valence-electron chi connectivity index (χ1n) is 10.4. The van der Waals surface area contributed by atoms with Crippen LogP contribution < -0.4 is 0 Å². The molecule has 2 aliphatic rings. The van der Waals surface area contributed by atoms with Crippen molar-refractivity contribution in [2.45, 2.75) is 0 Å². The van der Waals surface area contributed by atoms with Crippen molar-refractivity contribution in [1.82, 2.24) is 19.6 Å². The summed E-state index contributed by atoms with van der Waals surface area (Å²) in [5.41, 5.74) is 1.35. The second-order valence-electron chi connectivity index (χ2n) is 7.57. The zero-order chi connectivity index (χ0) is 20.9. The molecule has 0 aromatic heterocycles. The Hall–Kier alpha value is -3.35. The van der Waals surface area contributed by atoms with Gasteiger partial charge in [0.25, 0.3) is 11.8 Å². The van der Waals surface area contributed by atoms with E-state index in [9.17, 15) is 14.4 Å². The van der Waals surface area contributed by atoms with Crippen molar-refractivity contribution in [2.75, 3.05) is 52.4 Å². The lowest BCUT2D eigenvalue weighted by molar-refractivity contribution is 0.0568. The van der Waals surface area contributed by atoms with E-state index in [2.05, 4.69) is 0 Å². The highest BCUT2D eigenvalue weighted by atomic mass is 16.2. The molecule has 4 amide bonds. The predicted molar refractivity (Wildman–Crippen MR) is 113 cm³/mol. The number of carbonyl (C=O) groups is 3. The third kappa shape index (κ3) is 4.30. The molecule has 0 saturated carbocycles. The van der Waals surface area contributed by atoms with Gasteiger partial charge in [0.1, 0.15) is 0 Å². The molecule has 2 aliphatic heterocycles. The van der Waals surface area contributed by atoms with Crippen LogP contribution in [0, 0.1) is 0 Å². The van der Waals surface area contributed by atoms with E-state index < -0.39 is 0 Å². The number of hydrogen-bond donors (Lipinski definition) is 0. The van der Waals surface area contributed by atoms with Crippen LogP contribution in [0.3, 0.4) is 0 Å². The van der Waals surface area contributed by atoms with E-state index in [1.165, 1.54) is 0 Å². The van der Waals surface area contributed by atoms with E-state index in [1.54, 1.807) is 9.80 Å². The minimum absolute atomic E-state index is 0.00591. The summed E-state index contributed by atoms with van der Waals surface area (Å²) >= 11 is 0. The Morgan fingerprint density at radius 1 is 0.467 bits per heavy atom. The van der Waals surface area contributed by atoms with E-state index in [0.29, 0.717) is 63.5 Å². The summed E-state index contributed by atoms with van der Waals surface area (Å²) in [7, 11) is 0. The van der Waals surface area contributed by atoms with E-state index in [1.807, 2.05) is 70.5 Å². The van der Waals surface area contributed by atoms with Gasteiger partial charge in [0.15, 0.2) is 0 Å². The van der Waals surface area contributed by atoms with Crippen LogP contribution in [0.2, 0.25) is 0 Å². The zero-order valence-corrected chi connectivity index (χ0v) is 16.9. The molecule has 0 N–H and O–H groups in total. The second-order valence-corrected chi connectivity index (χ2v) is 7.57. The van der Waals surface area contributed by atoms with E-state index >= 15 is 0 Å². The van der Waals surface area contributed by atoms with Gasteiger partial charge < -0.3 is 19.6 Å². The minimum atomic E-state index is -0.00591. The molecule has 0 unspecified atom stereocenters. The van der Waals surface area contributed by atoms with Crippen molar-refractivity contribution in [3.8, 4) is 0 Å². The van der Waals surface area contributed by atoms with Crippen molar-refractivity contribution in [1.29, 1.82) is 0 Å². The number of benzene rings is 2. The molecule has 4 rings (SSSR count). The van der Waals surface area contributed by atoms with Crippen LogP contribution in [0.4, 0.5) is 4.79 Å². The Kier molecular flexibility index (Phi) is 5.97. The van der Waals surface area contributed by atoms with Gasteiger partial charge in [-0.25, -0.2) is 4.79 Å². The largest absolute Gasteiger partial charge is 0.335 e. The predicted octanol–water partition coefficient (Wildman–Crippen LogP) is 2.02. The summed E-state index contributed by atoms with van der Waals surface area (Å²) in [5, 5.41) is 0. The van der Waals surface area contributed by atoms with Gasteiger partial charge in [0.05, 0.1) is 0 Å². The van der Waals surface area contributed by atoms with Crippen molar-refractivity contribution in [3.63, 3.8) is 0 Å². The van der Waals surface area contributed by atoms with Crippen molar-refractivity contribution < 1.29 is 14.4 Å². The molecule has 0 spiro atoms. The molecule has 2 aromatic rings. The minimum Gasteiger partial charge on any atom is -0.335 e. The molecule has 0 bridgehead atoms. The lowest BCUT2D eigenvalue weighted by Crippen LogP contribution is -2.58. The third-order valence-corrected chi connectivity index (χ3v) is 5.72. The number of nitrogens with zero attached hydrogens (tertiary/aromatic N) is 4. The fourth-order valence-corrected chi connectivity index (χ4v) is 3.93. The normalized spacial score (nSPS) is 17.1. The first-order chi connectivity index (χ1) is 14.6. The maximum absolute atomic E-state index is 12.9. The molecule has 2 heterocycles. The van der Waals surface area contributed by atoms with Gasteiger partial charge in [-0.1, -0.05) is 36.4 Å². The molecule has 2 saturated heterocycles. The Morgan fingerprint density at radius 3 is 1.10 bits per heavy atom. The summed E-state index contributed by atoms with van der Waals surface area (Å²) < 4.78 is 0. The second kappa shape index (κ2) is 8.98. The van der Waals surface area contributed by atoms with Crippen molar-refractivity contribution >= 4 is 17.8 Å². The molecule has 7 nitrogen and oxygen atoms in total. The molecule has 0 aliphatic carbocycles. The van der Waals surface area contributed by atoms with Crippen LogP contribution in [0.25, 0.3) is 0 Å². The van der Waals surface area contributed by atoms with Crippen LogP contribution >= 0.6 is 0 Å². The van der Waals surface area contributed by atoms with Crippen LogP contribution in [-0.4, -0.2) is 89.8 Å². The summed E-state index contributed by atoms with van der Waals surface area (Å²) in [6.45, 7) is 4.25. The molecule has 7 heteroatoms. The lowest BCUT2D eigenvalue weighted by Gasteiger charge is -2.40. The fourth-order valence-electron chi connectivity index (χ4n) is 3.93. The maximum Gasteiger partial charge on any atom is 0.320 e. The number of carbonyl (C=O) groups excluding carboxylic acids is 3. The van der Waals surface area contributed by atoms with Crippen molar-refractivity contribution in [3.05, 3.63) is 71.8 Å². The summed E-state index contributed by atoms with van der Waals surface area (Å²) in [6.07, 6.45) is 0. The average Bonchev–Trinajstić information content (AvgIpc) is 2.84. The first kappa shape index (κ1) is 19.9. The van der Waals surface area contributed by atoms with Crippen LogP contribution in [0.1, 0.15) is 20.7 Å². The topological polar surface area (TPSA) is 64.2 Å². The highest BCUT2D eigenvalue weighted by Gasteiger charge is 2.30. The monoisotopic (exact) mass is 406 g/mol. The summed E-state index contributed by atoms with van der Waals surface area (Å²) in [4.78, 5) is 45.3. The standard InChI is InChI=1S/C23H26N4O3/c28-21(19-7-3-1-4-8-19)24-11-15-26(16-12-24)23(30)27-17-13-25(14-18-27)22(29)20-9-5-2-6-10-20/h1-10H,11-18H2. The maximum atomic E-state index is 12.9. The fraction of sp³-hybridized carbons (Fsp3) is 0.348. The van der Waals surface area contributed by atoms with Crippen LogP contribution in [-0.2, 0) is 0 Å². The molecular formula is C23H26N4O3. The number of urea groups is 1. The van der Waals surface area contributed by atoms with Gasteiger partial charge in [-0.2, -0.15) is 0 Å². The number of amides is 4. The molecule has 0 radical (unpaired) electrons. The SMILES string of the molecule is O=C(c1ccccc1)N1CCN(C(=O)N2CCN(C(=O)c3ccccc3)CC2)CC1. The Labute approximate surface area is 176 Å². The molecule has 2 fully saturated rings. The quantitative estimate of drug-likeness (QED) is 0.767. The lowest BCUT2D eigenvalue weighted by atomic mass is 10.2. The molecule has 156 valence electrons. The van der Waals surface area contributed by atoms with E-state index in [-0.39, 0.29) is 17.8 Å². The smallest absolute Gasteiger partial charge is 0.320 e. The first-order valence-corrected chi connectivity index (χ1v) is 10.4. The zero-order valence-electron chi connectivity index (χ0n) is 16.9. The van der Waals surface area contributed by atoms with Crippen LogP contribution in [0.15, 0.2) is 60.7 Å². The van der Waals surface area contributed by atoms with Crippen LogP contribution in [0.5, 0.6) is 0 Å². The Balaban J connectivity index is 1.26. The van der Waals surface area contributed by atoms with Gasteiger partial charge >= 0.3 is 6.03 Å². The summed E-state index contributed by atoms with van der Waals surface area (Å²) in [6, 6.07) is 18.5. The van der Waals surface area contributed by atoms with E-state index in [4.69, 9.17) is 0 Å². The number of rotatable bonds is 2. The van der Waals surface area contributed by atoms with Gasteiger partial charge in [-0.15, -0.1) is 0 Å². The molecule has 30 heavy (non-hydrogen) atoms. The highest BCUT2D eigenvalue weighted by molar-refractivity contribution is 5.95.